The second-order valence-electron chi connectivity index (χ2n) is 6.11. The van der Waals surface area contributed by atoms with Crippen LogP contribution in [0.15, 0.2) is 52.0 Å². The molecule has 4 rings (SSSR count). The SMILES string of the molecule is Cc1ccc(-c2noc(Cn3cnc4ccc([N+](=O)[O-])cc4c3=O)n2)cc1F. The van der Waals surface area contributed by atoms with E-state index in [9.17, 15) is 19.3 Å². The number of hydrogen-bond donors (Lipinski definition) is 0. The molecule has 0 fully saturated rings. The number of benzene rings is 2. The van der Waals surface area contributed by atoms with E-state index in [1.807, 2.05) is 0 Å². The Morgan fingerprint density at radius 3 is 2.82 bits per heavy atom. The second-order valence-corrected chi connectivity index (χ2v) is 6.11. The fourth-order valence-electron chi connectivity index (χ4n) is 2.69. The minimum absolute atomic E-state index is 0.0776. The first-order valence-corrected chi connectivity index (χ1v) is 8.15. The van der Waals surface area contributed by atoms with Gasteiger partial charge in [0.15, 0.2) is 0 Å². The molecule has 0 aliphatic carbocycles. The summed E-state index contributed by atoms with van der Waals surface area (Å²) in [6.45, 7) is 1.57. The normalized spacial score (nSPS) is 11.1. The largest absolute Gasteiger partial charge is 0.337 e. The maximum Gasteiger partial charge on any atom is 0.270 e. The molecular weight excluding hydrogens is 369 g/mol. The van der Waals surface area contributed by atoms with Gasteiger partial charge in [-0.25, -0.2) is 9.37 Å². The van der Waals surface area contributed by atoms with Gasteiger partial charge in [0.1, 0.15) is 12.4 Å². The second kappa shape index (κ2) is 6.65. The number of fused-ring (bicyclic) bond motifs is 1. The maximum atomic E-state index is 13.7. The average Bonchev–Trinajstić information content (AvgIpc) is 3.14. The lowest BCUT2D eigenvalue weighted by Crippen LogP contribution is -2.21. The molecule has 0 amide bonds. The summed E-state index contributed by atoms with van der Waals surface area (Å²) in [4.78, 5) is 31.3. The highest BCUT2D eigenvalue weighted by Crippen LogP contribution is 2.20. The third-order valence-electron chi connectivity index (χ3n) is 4.22. The molecule has 0 saturated heterocycles. The number of aryl methyl sites for hydroxylation is 1. The molecule has 0 saturated carbocycles. The molecule has 0 aliphatic rings. The third-order valence-corrected chi connectivity index (χ3v) is 4.22. The summed E-state index contributed by atoms with van der Waals surface area (Å²) in [6.07, 6.45) is 1.30. The Bertz CT molecular complexity index is 1280. The van der Waals surface area contributed by atoms with E-state index in [2.05, 4.69) is 15.1 Å². The molecule has 10 heteroatoms. The highest BCUT2D eigenvalue weighted by atomic mass is 19.1. The van der Waals surface area contributed by atoms with E-state index in [-0.39, 0.29) is 35.2 Å². The Hall–Kier alpha value is -3.95. The van der Waals surface area contributed by atoms with E-state index in [4.69, 9.17) is 4.52 Å². The van der Waals surface area contributed by atoms with Crippen molar-refractivity contribution in [2.24, 2.45) is 0 Å². The highest BCUT2D eigenvalue weighted by molar-refractivity contribution is 5.79. The monoisotopic (exact) mass is 381 g/mol. The average molecular weight is 381 g/mol. The van der Waals surface area contributed by atoms with Crippen molar-refractivity contribution in [3.63, 3.8) is 0 Å². The fourth-order valence-corrected chi connectivity index (χ4v) is 2.69. The van der Waals surface area contributed by atoms with E-state index >= 15 is 0 Å². The van der Waals surface area contributed by atoms with Crippen LogP contribution in [0.2, 0.25) is 0 Å². The minimum Gasteiger partial charge on any atom is -0.337 e. The Morgan fingerprint density at radius 1 is 1.25 bits per heavy atom. The molecule has 0 unspecified atom stereocenters. The van der Waals surface area contributed by atoms with Gasteiger partial charge in [0.05, 0.1) is 22.2 Å². The molecule has 0 radical (unpaired) electrons. The lowest BCUT2D eigenvalue weighted by Gasteiger charge is -2.03. The zero-order valence-corrected chi connectivity index (χ0v) is 14.5. The highest BCUT2D eigenvalue weighted by Gasteiger charge is 2.14. The number of halogens is 1. The Balaban J connectivity index is 1.68. The van der Waals surface area contributed by atoms with Gasteiger partial charge in [-0.1, -0.05) is 17.3 Å². The standard InChI is InChI=1S/C18H12FN5O4/c1-10-2-3-11(6-14(10)19)17-21-16(28-22-17)8-23-9-20-15-5-4-12(24(26)27)7-13(15)18(23)25/h2-7,9H,8H2,1H3. The van der Waals surface area contributed by atoms with E-state index in [0.717, 1.165) is 0 Å². The van der Waals surface area contributed by atoms with Crippen LogP contribution in [0.4, 0.5) is 10.1 Å². The summed E-state index contributed by atoms with van der Waals surface area (Å²) in [6, 6.07) is 8.43. The van der Waals surface area contributed by atoms with E-state index in [1.165, 1.54) is 35.2 Å². The van der Waals surface area contributed by atoms with Gasteiger partial charge >= 0.3 is 0 Å². The van der Waals surface area contributed by atoms with Gasteiger partial charge in [-0.05, 0) is 24.6 Å². The maximum absolute atomic E-state index is 13.7. The summed E-state index contributed by atoms with van der Waals surface area (Å²) < 4.78 is 20.1. The van der Waals surface area contributed by atoms with Gasteiger partial charge in [0, 0.05) is 17.7 Å². The van der Waals surface area contributed by atoms with Gasteiger partial charge in [-0.3, -0.25) is 19.5 Å². The molecule has 2 aromatic heterocycles. The smallest absolute Gasteiger partial charge is 0.270 e. The number of rotatable bonds is 4. The van der Waals surface area contributed by atoms with Crippen molar-refractivity contribution in [1.82, 2.24) is 19.7 Å². The lowest BCUT2D eigenvalue weighted by molar-refractivity contribution is -0.384. The number of non-ortho nitro benzene ring substituents is 1. The van der Waals surface area contributed by atoms with Gasteiger partial charge in [0.25, 0.3) is 11.2 Å². The molecule has 9 nitrogen and oxygen atoms in total. The summed E-state index contributed by atoms with van der Waals surface area (Å²) in [5, 5.41) is 14.8. The number of nitro benzene ring substituents is 1. The molecule has 2 heterocycles. The van der Waals surface area contributed by atoms with Crippen LogP contribution >= 0.6 is 0 Å². The van der Waals surface area contributed by atoms with Gasteiger partial charge in [-0.15, -0.1) is 0 Å². The van der Waals surface area contributed by atoms with E-state index in [1.54, 1.807) is 19.1 Å². The van der Waals surface area contributed by atoms with E-state index < -0.39 is 10.5 Å². The molecule has 0 bridgehead atoms. The first-order chi connectivity index (χ1) is 13.4. The van der Waals surface area contributed by atoms with E-state index in [0.29, 0.717) is 16.6 Å². The zero-order chi connectivity index (χ0) is 19.8. The predicted octanol–water partition coefficient (Wildman–Crippen LogP) is 2.85. The fraction of sp³-hybridized carbons (Fsp3) is 0.111. The molecule has 28 heavy (non-hydrogen) atoms. The van der Waals surface area contributed by atoms with Gasteiger partial charge in [-0.2, -0.15) is 4.98 Å². The predicted molar refractivity (Wildman–Crippen MR) is 96.2 cm³/mol. The van der Waals surface area contributed by atoms with Gasteiger partial charge in [0.2, 0.25) is 11.7 Å². The molecule has 0 spiro atoms. The molecule has 4 aromatic rings. The van der Waals surface area contributed by atoms with Crippen molar-refractivity contribution in [2.75, 3.05) is 0 Å². The summed E-state index contributed by atoms with van der Waals surface area (Å²) in [5.41, 5.74) is 0.599. The van der Waals surface area contributed by atoms with Crippen LogP contribution in [0, 0.1) is 22.9 Å². The molecule has 0 aliphatic heterocycles. The molecular formula is C18H12FN5O4. The van der Waals surface area contributed by atoms with Crippen molar-refractivity contribution in [3.8, 4) is 11.4 Å². The summed E-state index contributed by atoms with van der Waals surface area (Å²) in [7, 11) is 0. The quantitative estimate of drug-likeness (QED) is 0.394. The van der Waals surface area contributed by atoms with Crippen LogP contribution in [-0.4, -0.2) is 24.6 Å². The number of aromatic nitrogens is 4. The Morgan fingerprint density at radius 2 is 2.07 bits per heavy atom. The Kier molecular flexibility index (Phi) is 4.15. The van der Waals surface area contributed by atoms with Crippen LogP contribution in [0.3, 0.4) is 0 Å². The first-order valence-electron chi connectivity index (χ1n) is 8.15. The van der Waals surface area contributed by atoms with Crippen molar-refractivity contribution in [1.29, 1.82) is 0 Å². The molecule has 0 N–H and O–H groups in total. The van der Waals surface area contributed by atoms with Crippen LogP contribution < -0.4 is 5.56 Å². The van der Waals surface area contributed by atoms with Crippen LogP contribution in [-0.2, 0) is 6.54 Å². The Labute approximate surface area is 156 Å². The molecule has 0 atom stereocenters. The van der Waals surface area contributed by atoms with Gasteiger partial charge < -0.3 is 4.52 Å². The number of nitro groups is 1. The summed E-state index contributed by atoms with van der Waals surface area (Å²) >= 11 is 0. The lowest BCUT2D eigenvalue weighted by atomic mass is 10.1. The van der Waals surface area contributed by atoms with Crippen molar-refractivity contribution >= 4 is 16.6 Å². The van der Waals surface area contributed by atoms with Crippen molar-refractivity contribution in [2.45, 2.75) is 13.5 Å². The number of hydrogen-bond acceptors (Lipinski definition) is 7. The van der Waals surface area contributed by atoms with Crippen molar-refractivity contribution in [3.05, 3.63) is 80.5 Å². The van der Waals surface area contributed by atoms with Crippen molar-refractivity contribution < 1.29 is 13.8 Å². The van der Waals surface area contributed by atoms with Crippen LogP contribution in [0.25, 0.3) is 22.3 Å². The first kappa shape index (κ1) is 17.5. The molecule has 2 aromatic carbocycles. The third kappa shape index (κ3) is 3.11. The summed E-state index contributed by atoms with van der Waals surface area (Å²) in [5.74, 6) is -0.0867. The van der Waals surface area contributed by atoms with Crippen LogP contribution in [0.1, 0.15) is 11.5 Å². The van der Waals surface area contributed by atoms with Crippen LogP contribution in [0.5, 0.6) is 0 Å². The minimum atomic E-state index is -0.582. The molecule has 140 valence electrons. The topological polar surface area (TPSA) is 117 Å². The number of nitrogens with zero attached hydrogens (tertiary/aromatic N) is 5. The zero-order valence-electron chi connectivity index (χ0n) is 14.5.